The second kappa shape index (κ2) is 8.79. The molecule has 2 aromatic heterocycles. The molecular formula is C27H25FN4S. The van der Waals surface area contributed by atoms with Gasteiger partial charge in [0.2, 0.25) is 0 Å². The Morgan fingerprint density at radius 3 is 2.39 bits per heavy atom. The summed E-state index contributed by atoms with van der Waals surface area (Å²) in [5, 5.41) is 4.10. The van der Waals surface area contributed by atoms with Crippen molar-refractivity contribution in [3.8, 4) is 5.69 Å². The number of rotatable bonds is 5. The minimum absolute atomic E-state index is 0.191. The summed E-state index contributed by atoms with van der Waals surface area (Å²) in [6, 6.07) is 24.7. The predicted molar refractivity (Wildman–Crippen MR) is 134 cm³/mol. The van der Waals surface area contributed by atoms with Crippen molar-refractivity contribution < 1.29 is 4.39 Å². The van der Waals surface area contributed by atoms with Crippen molar-refractivity contribution in [2.75, 3.05) is 4.90 Å². The first-order valence-electron chi connectivity index (χ1n) is 11.1. The summed E-state index contributed by atoms with van der Waals surface area (Å²) in [6.45, 7) is 4.36. The van der Waals surface area contributed by atoms with E-state index in [-0.39, 0.29) is 17.9 Å². The minimum atomic E-state index is -0.272. The van der Waals surface area contributed by atoms with Crippen LogP contribution < -0.4 is 10.2 Å². The van der Waals surface area contributed by atoms with Crippen LogP contribution in [0.4, 0.5) is 10.1 Å². The van der Waals surface area contributed by atoms with Gasteiger partial charge in [-0.3, -0.25) is 4.98 Å². The van der Waals surface area contributed by atoms with Crippen molar-refractivity contribution in [3.05, 3.63) is 114 Å². The molecule has 5 rings (SSSR count). The van der Waals surface area contributed by atoms with Gasteiger partial charge < -0.3 is 14.8 Å². The number of hydrogen-bond acceptors (Lipinski definition) is 2. The Balaban J connectivity index is 1.65. The molecule has 6 heteroatoms. The standard InChI is InChI=1S/C27H25FN4S/c1-18(2)19-12-14-20(15-13-19)32-26(25(30-27(32)33)22-9-5-6-16-29-22)24-11-7-17-31(24)23-10-4-3-8-21(23)28/h3-18,25-26H,1-2H3,(H,30,33)/t25-,26+/m1/s1. The van der Waals surface area contributed by atoms with Gasteiger partial charge in [-0.15, -0.1) is 0 Å². The SMILES string of the molecule is CC(C)c1ccc(N2C(=S)N[C@H](c3ccccn3)[C@@H]2c2cccn2-c2ccccc2F)cc1. The third kappa shape index (κ3) is 3.91. The van der Waals surface area contributed by atoms with E-state index in [1.165, 1.54) is 11.6 Å². The molecule has 166 valence electrons. The number of para-hydroxylation sites is 1. The van der Waals surface area contributed by atoms with E-state index in [0.29, 0.717) is 16.7 Å². The van der Waals surface area contributed by atoms with Gasteiger partial charge in [-0.05, 0) is 72.2 Å². The average molecular weight is 457 g/mol. The zero-order valence-corrected chi connectivity index (χ0v) is 19.3. The van der Waals surface area contributed by atoms with Crippen LogP contribution >= 0.6 is 12.2 Å². The summed E-state index contributed by atoms with van der Waals surface area (Å²) < 4.78 is 16.7. The lowest BCUT2D eigenvalue weighted by molar-refractivity contribution is 0.544. The highest BCUT2D eigenvalue weighted by atomic mass is 32.1. The van der Waals surface area contributed by atoms with Gasteiger partial charge in [0.15, 0.2) is 5.11 Å². The summed E-state index contributed by atoms with van der Waals surface area (Å²) >= 11 is 5.82. The molecule has 4 aromatic rings. The topological polar surface area (TPSA) is 33.1 Å². The lowest BCUT2D eigenvalue weighted by Crippen LogP contribution is -2.30. The largest absolute Gasteiger partial charge is 0.351 e. The molecule has 2 atom stereocenters. The molecule has 0 saturated carbocycles. The van der Waals surface area contributed by atoms with Crippen LogP contribution in [0.2, 0.25) is 0 Å². The molecule has 2 aromatic carbocycles. The molecule has 0 radical (unpaired) electrons. The number of thiocarbonyl (C=S) groups is 1. The van der Waals surface area contributed by atoms with Crippen molar-refractivity contribution in [1.29, 1.82) is 0 Å². The van der Waals surface area contributed by atoms with Crippen LogP contribution in [0.15, 0.2) is 91.3 Å². The van der Waals surface area contributed by atoms with Crippen LogP contribution in [-0.4, -0.2) is 14.7 Å². The number of nitrogens with one attached hydrogen (secondary N) is 1. The van der Waals surface area contributed by atoms with E-state index in [0.717, 1.165) is 17.1 Å². The highest BCUT2D eigenvalue weighted by Crippen LogP contribution is 2.42. The van der Waals surface area contributed by atoms with E-state index in [9.17, 15) is 4.39 Å². The van der Waals surface area contributed by atoms with Crippen LogP contribution in [0.1, 0.15) is 48.8 Å². The van der Waals surface area contributed by atoms with Gasteiger partial charge in [-0.2, -0.15) is 0 Å². The second-order valence-electron chi connectivity index (χ2n) is 8.50. The molecule has 1 fully saturated rings. The number of pyridine rings is 1. The van der Waals surface area contributed by atoms with E-state index >= 15 is 0 Å². The van der Waals surface area contributed by atoms with Gasteiger partial charge >= 0.3 is 0 Å². The number of anilines is 1. The molecule has 3 heterocycles. The van der Waals surface area contributed by atoms with E-state index in [1.807, 2.05) is 47.2 Å². The first-order chi connectivity index (χ1) is 16.0. The smallest absolute Gasteiger partial charge is 0.174 e. The molecule has 1 aliphatic heterocycles. The second-order valence-corrected chi connectivity index (χ2v) is 8.88. The Morgan fingerprint density at radius 1 is 0.939 bits per heavy atom. The first-order valence-corrected chi connectivity index (χ1v) is 11.5. The highest BCUT2D eigenvalue weighted by Gasteiger charge is 2.42. The molecule has 0 aliphatic carbocycles. The van der Waals surface area contributed by atoms with Gasteiger partial charge in [-0.25, -0.2) is 4.39 Å². The fraction of sp³-hybridized carbons (Fsp3) is 0.185. The molecular weight excluding hydrogens is 431 g/mol. The van der Waals surface area contributed by atoms with Gasteiger partial charge in [0.1, 0.15) is 11.9 Å². The molecule has 1 aliphatic rings. The Bertz CT molecular complexity index is 1270. The average Bonchev–Trinajstić information content (AvgIpc) is 3.44. The summed E-state index contributed by atoms with van der Waals surface area (Å²) in [7, 11) is 0. The Labute approximate surface area is 198 Å². The Morgan fingerprint density at radius 2 is 1.70 bits per heavy atom. The fourth-order valence-electron chi connectivity index (χ4n) is 4.45. The van der Waals surface area contributed by atoms with E-state index in [1.54, 1.807) is 18.3 Å². The maximum Gasteiger partial charge on any atom is 0.174 e. The normalized spacial score (nSPS) is 18.1. The lowest BCUT2D eigenvalue weighted by atomic mass is 9.99. The number of aromatic nitrogens is 2. The van der Waals surface area contributed by atoms with Crippen LogP contribution in [0.5, 0.6) is 0 Å². The number of halogens is 1. The van der Waals surface area contributed by atoms with Crippen LogP contribution in [0, 0.1) is 5.82 Å². The maximum absolute atomic E-state index is 14.8. The van der Waals surface area contributed by atoms with E-state index in [2.05, 4.69) is 53.3 Å². The van der Waals surface area contributed by atoms with Gasteiger partial charge in [-0.1, -0.05) is 44.2 Å². The third-order valence-electron chi connectivity index (χ3n) is 6.13. The van der Waals surface area contributed by atoms with Crippen molar-refractivity contribution in [3.63, 3.8) is 0 Å². The molecule has 33 heavy (non-hydrogen) atoms. The minimum Gasteiger partial charge on any atom is -0.351 e. The first kappa shape index (κ1) is 21.3. The van der Waals surface area contributed by atoms with Gasteiger partial charge in [0, 0.05) is 23.8 Å². The third-order valence-corrected chi connectivity index (χ3v) is 6.45. The monoisotopic (exact) mass is 456 g/mol. The molecule has 4 nitrogen and oxygen atoms in total. The van der Waals surface area contributed by atoms with E-state index in [4.69, 9.17) is 12.2 Å². The Hall–Kier alpha value is -3.51. The highest BCUT2D eigenvalue weighted by molar-refractivity contribution is 7.80. The fourth-order valence-corrected chi connectivity index (χ4v) is 4.80. The zero-order chi connectivity index (χ0) is 22.9. The summed E-state index contributed by atoms with van der Waals surface area (Å²) in [5.41, 5.74) is 4.57. The van der Waals surface area contributed by atoms with Crippen molar-refractivity contribution in [2.45, 2.75) is 31.8 Å². The quantitative estimate of drug-likeness (QED) is 0.357. The molecule has 1 saturated heterocycles. The lowest BCUT2D eigenvalue weighted by Gasteiger charge is -2.29. The van der Waals surface area contributed by atoms with Gasteiger partial charge in [0.25, 0.3) is 0 Å². The summed E-state index contributed by atoms with van der Waals surface area (Å²) in [6.07, 6.45) is 3.68. The number of benzene rings is 2. The molecule has 0 spiro atoms. The summed E-state index contributed by atoms with van der Waals surface area (Å²) in [4.78, 5) is 6.73. The molecule has 0 bridgehead atoms. The van der Waals surface area contributed by atoms with Crippen molar-refractivity contribution in [2.24, 2.45) is 0 Å². The number of nitrogens with zero attached hydrogens (tertiary/aromatic N) is 3. The number of hydrogen-bond donors (Lipinski definition) is 1. The van der Waals surface area contributed by atoms with Crippen molar-refractivity contribution >= 4 is 23.0 Å². The molecule has 0 unspecified atom stereocenters. The molecule has 0 amide bonds. The zero-order valence-electron chi connectivity index (χ0n) is 18.5. The van der Waals surface area contributed by atoms with Gasteiger partial charge in [0.05, 0.1) is 17.4 Å². The van der Waals surface area contributed by atoms with Crippen LogP contribution in [0.3, 0.4) is 0 Å². The molecule has 1 N–H and O–H groups in total. The van der Waals surface area contributed by atoms with Crippen LogP contribution in [0.25, 0.3) is 5.69 Å². The van der Waals surface area contributed by atoms with E-state index < -0.39 is 0 Å². The predicted octanol–water partition coefficient (Wildman–Crippen LogP) is 6.31. The summed E-state index contributed by atoms with van der Waals surface area (Å²) in [5.74, 6) is 0.170. The Kier molecular flexibility index (Phi) is 5.68. The maximum atomic E-state index is 14.8. The van der Waals surface area contributed by atoms with Crippen molar-refractivity contribution in [1.82, 2.24) is 14.9 Å². The van der Waals surface area contributed by atoms with Crippen LogP contribution in [-0.2, 0) is 0 Å².